The molecule has 0 fully saturated rings. The Bertz CT molecular complexity index is 351. The van der Waals surface area contributed by atoms with E-state index in [-0.39, 0.29) is 0 Å². The molecule has 0 saturated heterocycles. The average Bonchev–Trinajstić information content (AvgIpc) is 2.12. The Hall–Kier alpha value is -2.23. The molecule has 1 atom stereocenters. The summed E-state index contributed by atoms with van der Waals surface area (Å²) < 4.78 is 3.98. The summed E-state index contributed by atoms with van der Waals surface area (Å²) in [6, 6.07) is 0. The fourth-order valence-corrected chi connectivity index (χ4v) is 0.878. The number of nitro groups is 1. The lowest BCUT2D eigenvalue weighted by Crippen LogP contribution is -2.43. The Morgan fingerprint density at radius 2 is 1.76 bits per heavy atom. The summed E-state index contributed by atoms with van der Waals surface area (Å²) >= 11 is 0. The maximum Gasteiger partial charge on any atom is 0.346 e. The third kappa shape index (κ3) is 5.41. The van der Waals surface area contributed by atoms with Crippen LogP contribution in [0.1, 0.15) is 12.8 Å². The Balaban J connectivity index is 4.54. The summed E-state index contributed by atoms with van der Waals surface area (Å²) in [4.78, 5) is 40.6. The first-order valence-corrected chi connectivity index (χ1v) is 4.12. The number of hydrogen-bond acceptors (Lipinski definition) is 7. The van der Waals surface area contributed by atoms with Gasteiger partial charge >= 0.3 is 24.6 Å². The number of hydrogen-bond donors (Lipinski definition) is 3. The number of rotatable bonds is 7. The smallest absolute Gasteiger partial charge is 0.346 e. The molecular weight excluding hydrogens is 242 g/mol. The van der Waals surface area contributed by atoms with E-state index in [1.54, 1.807) is 0 Å². The van der Waals surface area contributed by atoms with Crippen LogP contribution < -0.4 is 0 Å². The molecule has 0 saturated carbocycles. The highest BCUT2D eigenvalue weighted by Crippen LogP contribution is 2.16. The second-order valence-electron chi connectivity index (χ2n) is 3.06. The van der Waals surface area contributed by atoms with E-state index in [0.29, 0.717) is 0 Å². The zero-order valence-corrected chi connectivity index (χ0v) is 8.36. The number of carbonyl (C=O) groups is 3. The summed E-state index contributed by atoms with van der Waals surface area (Å²) in [5, 5.41) is 36.1. The van der Waals surface area contributed by atoms with Gasteiger partial charge in [0.25, 0.3) is 0 Å². The molecule has 17 heavy (non-hydrogen) atoms. The molecule has 3 N–H and O–H groups in total. The molecule has 0 aromatic carbocycles. The van der Waals surface area contributed by atoms with Crippen molar-refractivity contribution in [2.24, 2.45) is 0 Å². The van der Waals surface area contributed by atoms with Gasteiger partial charge in [-0.3, -0.25) is 19.7 Å². The number of ether oxygens (including phenoxy) is 1. The van der Waals surface area contributed by atoms with Crippen LogP contribution in [0.4, 0.5) is 0 Å². The van der Waals surface area contributed by atoms with E-state index in [0.717, 1.165) is 0 Å². The molecule has 0 aliphatic carbocycles. The molecule has 0 radical (unpaired) electrons. The van der Waals surface area contributed by atoms with Crippen LogP contribution in [0.15, 0.2) is 0 Å². The van der Waals surface area contributed by atoms with Gasteiger partial charge in [-0.05, 0) is 0 Å². The Morgan fingerprint density at radius 3 is 2.12 bits per heavy atom. The third-order valence-electron chi connectivity index (χ3n) is 1.61. The summed E-state index contributed by atoms with van der Waals surface area (Å²) in [5.74, 6) is -4.96. The van der Waals surface area contributed by atoms with Crippen molar-refractivity contribution in [3.63, 3.8) is 0 Å². The molecule has 0 bridgehead atoms. The SMILES string of the molecule is O=C(O)CC(O)(CC(=O)OC[N+](=O)[O-])C(=O)O. The molecule has 10 nitrogen and oxygen atoms in total. The second kappa shape index (κ2) is 5.75. The number of nitrogens with zero attached hydrogens (tertiary/aromatic N) is 1. The number of carboxylic acid groups (broad SMARTS) is 2. The van der Waals surface area contributed by atoms with Gasteiger partial charge in [0.1, 0.15) is 0 Å². The molecule has 0 heterocycles. The van der Waals surface area contributed by atoms with Crippen molar-refractivity contribution in [3.05, 3.63) is 10.1 Å². The minimum atomic E-state index is -2.85. The third-order valence-corrected chi connectivity index (χ3v) is 1.61. The predicted octanol–water partition coefficient (Wildman–Crippen LogP) is -1.56. The topological polar surface area (TPSA) is 164 Å². The number of aliphatic hydroxyl groups is 1. The van der Waals surface area contributed by atoms with Crippen LogP contribution in [-0.2, 0) is 19.1 Å². The predicted molar refractivity (Wildman–Crippen MR) is 47.4 cm³/mol. The first kappa shape index (κ1) is 14.8. The molecular formula is C7H9NO9. The lowest BCUT2D eigenvalue weighted by atomic mass is 9.96. The highest BCUT2D eigenvalue weighted by molar-refractivity contribution is 5.88. The van der Waals surface area contributed by atoms with E-state index in [9.17, 15) is 29.6 Å². The van der Waals surface area contributed by atoms with Crippen molar-refractivity contribution >= 4 is 17.9 Å². The molecule has 0 spiro atoms. The number of esters is 1. The highest BCUT2D eigenvalue weighted by Gasteiger charge is 2.41. The average molecular weight is 251 g/mol. The van der Waals surface area contributed by atoms with E-state index < -0.39 is 48.0 Å². The molecule has 0 aromatic heterocycles. The fourth-order valence-electron chi connectivity index (χ4n) is 0.878. The quantitative estimate of drug-likeness (QED) is 0.210. The first-order valence-electron chi connectivity index (χ1n) is 4.12. The van der Waals surface area contributed by atoms with Crippen molar-refractivity contribution in [2.45, 2.75) is 18.4 Å². The molecule has 0 rings (SSSR count). The fraction of sp³-hybridized carbons (Fsp3) is 0.571. The van der Waals surface area contributed by atoms with Crippen LogP contribution in [0.25, 0.3) is 0 Å². The second-order valence-corrected chi connectivity index (χ2v) is 3.06. The largest absolute Gasteiger partial charge is 0.481 e. The minimum Gasteiger partial charge on any atom is -0.481 e. The van der Waals surface area contributed by atoms with Gasteiger partial charge in [0.15, 0.2) is 5.60 Å². The van der Waals surface area contributed by atoms with Crippen LogP contribution in [-0.4, -0.2) is 50.5 Å². The van der Waals surface area contributed by atoms with Gasteiger partial charge in [0.2, 0.25) is 0 Å². The van der Waals surface area contributed by atoms with Crippen LogP contribution in [0.2, 0.25) is 0 Å². The normalized spacial score (nSPS) is 13.5. The van der Waals surface area contributed by atoms with E-state index in [1.807, 2.05) is 0 Å². The van der Waals surface area contributed by atoms with Crippen molar-refractivity contribution in [2.75, 3.05) is 6.73 Å². The van der Waals surface area contributed by atoms with Crippen LogP contribution >= 0.6 is 0 Å². The van der Waals surface area contributed by atoms with E-state index in [1.165, 1.54) is 0 Å². The number of carboxylic acids is 2. The maximum absolute atomic E-state index is 10.9. The van der Waals surface area contributed by atoms with E-state index in [2.05, 4.69) is 4.74 Å². The molecule has 0 aliphatic rings. The Kier molecular flexibility index (Phi) is 4.99. The van der Waals surface area contributed by atoms with Gasteiger partial charge in [0, 0.05) is 0 Å². The summed E-state index contributed by atoms with van der Waals surface area (Å²) in [6.45, 7) is -1.19. The van der Waals surface area contributed by atoms with Gasteiger partial charge < -0.3 is 20.1 Å². The summed E-state index contributed by atoms with van der Waals surface area (Å²) in [7, 11) is 0. The van der Waals surface area contributed by atoms with Crippen LogP contribution in [0, 0.1) is 10.1 Å². The van der Waals surface area contributed by atoms with Crippen molar-refractivity contribution < 1.29 is 39.4 Å². The first-order chi connectivity index (χ1) is 7.67. The van der Waals surface area contributed by atoms with Gasteiger partial charge in [0.05, 0.1) is 17.8 Å². The van der Waals surface area contributed by atoms with Gasteiger partial charge in [-0.25, -0.2) is 4.79 Å². The lowest BCUT2D eigenvalue weighted by Gasteiger charge is -2.19. The highest BCUT2D eigenvalue weighted by atomic mass is 16.7. The molecule has 0 aromatic rings. The van der Waals surface area contributed by atoms with Crippen LogP contribution in [0.5, 0.6) is 0 Å². The number of carbonyl (C=O) groups excluding carboxylic acids is 1. The lowest BCUT2D eigenvalue weighted by molar-refractivity contribution is -0.519. The Labute approximate surface area is 93.6 Å². The van der Waals surface area contributed by atoms with Crippen molar-refractivity contribution in [1.82, 2.24) is 0 Å². The standard InChI is InChI=1S/C7H9NO9/c9-4(10)1-7(14,6(12)13)2-5(11)17-3-8(15)16/h14H,1-3H2,(H,9,10)(H,12,13). The van der Waals surface area contributed by atoms with Gasteiger partial charge in [-0.2, -0.15) is 0 Å². The molecule has 0 amide bonds. The van der Waals surface area contributed by atoms with Crippen molar-refractivity contribution in [3.8, 4) is 0 Å². The van der Waals surface area contributed by atoms with Gasteiger partial charge in [-0.1, -0.05) is 0 Å². The minimum absolute atomic E-state index is 0.991. The molecule has 1 unspecified atom stereocenters. The van der Waals surface area contributed by atoms with Crippen LogP contribution in [0.3, 0.4) is 0 Å². The van der Waals surface area contributed by atoms with Gasteiger partial charge in [-0.15, -0.1) is 0 Å². The summed E-state index contributed by atoms with van der Waals surface area (Å²) in [6.07, 6.45) is -2.42. The monoisotopic (exact) mass is 251 g/mol. The maximum atomic E-state index is 10.9. The van der Waals surface area contributed by atoms with E-state index in [4.69, 9.17) is 10.2 Å². The van der Waals surface area contributed by atoms with E-state index >= 15 is 0 Å². The Morgan fingerprint density at radius 1 is 1.24 bits per heavy atom. The number of aliphatic carboxylic acids is 2. The summed E-state index contributed by atoms with van der Waals surface area (Å²) in [5.41, 5.74) is -2.85. The zero-order chi connectivity index (χ0) is 13.6. The molecule has 10 heteroatoms. The molecule has 96 valence electrons. The molecule has 0 aliphatic heterocycles. The van der Waals surface area contributed by atoms with Crippen molar-refractivity contribution in [1.29, 1.82) is 0 Å². The zero-order valence-electron chi connectivity index (χ0n) is 8.36.